The maximum Gasteiger partial charge on any atom is 0.177 e. The van der Waals surface area contributed by atoms with E-state index in [1.165, 1.54) is 6.26 Å². The maximum absolute atomic E-state index is 14.4. The third kappa shape index (κ3) is 4.21. The van der Waals surface area contributed by atoms with Crippen molar-refractivity contribution in [2.24, 2.45) is 0 Å². The first kappa shape index (κ1) is 19.0. The summed E-state index contributed by atoms with van der Waals surface area (Å²) in [6.45, 7) is 1.48. The van der Waals surface area contributed by atoms with Gasteiger partial charge in [-0.05, 0) is 29.8 Å². The van der Waals surface area contributed by atoms with Gasteiger partial charge in [0, 0.05) is 32.1 Å². The number of rotatable bonds is 6. The number of hydrogen-bond donors (Lipinski definition) is 1. The second-order valence-electron chi connectivity index (χ2n) is 7.03. The van der Waals surface area contributed by atoms with Gasteiger partial charge in [0.15, 0.2) is 15.5 Å². The van der Waals surface area contributed by atoms with Crippen molar-refractivity contribution in [3.8, 4) is 0 Å². The number of nitrogens with one attached hydrogen (secondary N) is 1. The molecule has 3 aromatic rings. The van der Waals surface area contributed by atoms with Gasteiger partial charge in [0.05, 0.1) is 10.4 Å². The highest BCUT2D eigenvalue weighted by molar-refractivity contribution is 7.90. The Balaban J connectivity index is 1.34. The molecule has 9 heteroatoms. The Bertz CT molecular complexity index is 1040. The number of alkyl halides is 1. The molecule has 2 atom stereocenters. The lowest BCUT2D eigenvalue weighted by atomic mass is 10.2. The molecular formula is C19H21FN4O3S. The van der Waals surface area contributed by atoms with E-state index >= 15 is 0 Å². The van der Waals surface area contributed by atoms with Crippen LogP contribution in [-0.4, -0.2) is 59.9 Å². The average Bonchev–Trinajstić information content (AvgIpc) is 3.22. The van der Waals surface area contributed by atoms with Crippen LogP contribution in [0.3, 0.4) is 0 Å². The fourth-order valence-electron chi connectivity index (χ4n) is 3.34. The summed E-state index contributed by atoms with van der Waals surface area (Å²) in [7, 11) is -3.21. The molecule has 0 saturated carbocycles. The average molecular weight is 404 g/mol. The highest BCUT2D eigenvalue weighted by atomic mass is 32.2. The first-order valence-electron chi connectivity index (χ1n) is 8.95. The number of benzene rings is 1. The lowest BCUT2D eigenvalue weighted by Gasteiger charge is -2.15. The Morgan fingerprint density at radius 3 is 2.75 bits per heavy atom. The van der Waals surface area contributed by atoms with Crippen LogP contribution < -0.4 is 0 Å². The van der Waals surface area contributed by atoms with Crippen LogP contribution >= 0.6 is 0 Å². The number of pyridine rings is 1. The summed E-state index contributed by atoms with van der Waals surface area (Å²) in [6.07, 6.45) is 1.23. The van der Waals surface area contributed by atoms with Crippen LogP contribution in [0.4, 0.5) is 4.39 Å². The second kappa shape index (κ2) is 7.57. The van der Waals surface area contributed by atoms with Gasteiger partial charge in [-0.1, -0.05) is 12.1 Å². The van der Waals surface area contributed by atoms with Crippen molar-refractivity contribution in [1.82, 2.24) is 19.9 Å². The number of nitrogens with zero attached hydrogens (tertiary/aromatic N) is 3. The van der Waals surface area contributed by atoms with Crippen LogP contribution in [-0.2, 0) is 27.7 Å². The van der Waals surface area contributed by atoms with Gasteiger partial charge in [0.2, 0.25) is 0 Å². The van der Waals surface area contributed by atoms with Crippen molar-refractivity contribution in [1.29, 1.82) is 0 Å². The van der Waals surface area contributed by atoms with Crippen LogP contribution in [0.25, 0.3) is 11.2 Å². The van der Waals surface area contributed by atoms with Crippen LogP contribution in [0.2, 0.25) is 0 Å². The molecule has 4 rings (SSSR count). The number of fused-ring (bicyclic) bond motifs is 1. The summed E-state index contributed by atoms with van der Waals surface area (Å²) < 4.78 is 43.2. The van der Waals surface area contributed by atoms with Crippen LogP contribution in [0, 0.1) is 0 Å². The number of sulfone groups is 1. The Morgan fingerprint density at radius 1 is 1.25 bits per heavy atom. The number of imidazole rings is 1. The van der Waals surface area contributed by atoms with Gasteiger partial charge < -0.3 is 9.72 Å². The fourth-order valence-corrected chi connectivity index (χ4v) is 3.97. The van der Waals surface area contributed by atoms with E-state index in [0.717, 1.165) is 11.1 Å². The zero-order valence-electron chi connectivity index (χ0n) is 15.4. The summed E-state index contributed by atoms with van der Waals surface area (Å²) in [5, 5.41) is 0. The largest absolute Gasteiger partial charge is 0.366 e. The third-order valence-corrected chi connectivity index (χ3v) is 5.90. The van der Waals surface area contributed by atoms with Gasteiger partial charge in [-0.15, -0.1) is 0 Å². The molecule has 1 fully saturated rings. The Morgan fingerprint density at radius 2 is 2.04 bits per heavy atom. The summed E-state index contributed by atoms with van der Waals surface area (Å²) >= 11 is 0. The first-order valence-corrected chi connectivity index (χ1v) is 10.8. The molecule has 1 aliphatic rings. The predicted molar refractivity (Wildman–Crippen MR) is 102 cm³/mol. The first-order chi connectivity index (χ1) is 13.4. The van der Waals surface area contributed by atoms with E-state index in [9.17, 15) is 12.8 Å². The van der Waals surface area contributed by atoms with E-state index in [-0.39, 0.29) is 18.0 Å². The van der Waals surface area contributed by atoms with Crippen molar-refractivity contribution < 1.29 is 17.5 Å². The van der Waals surface area contributed by atoms with Gasteiger partial charge in [-0.3, -0.25) is 4.90 Å². The zero-order chi connectivity index (χ0) is 19.7. The second-order valence-corrected chi connectivity index (χ2v) is 9.05. The molecule has 0 spiro atoms. The number of H-pyrrole nitrogens is 1. The number of aromatic amines is 1. The highest BCUT2D eigenvalue weighted by Gasteiger charge is 2.33. The molecule has 1 saturated heterocycles. The highest BCUT2D eigenvalue weighted by Crippen LogP contribution is 2.21. The van der Waals surface area contributed by atoms with Crippen LogP contribution in [0.1, 0.15) is 11.4 Å². The molecule has 2 aromatic heterocycles. The van der Waals surface area contributed by atoms with Gasteiger partial charge in [0.25, 0.3) is 0 Å². The van der Waals surface area contributed by atoms with E-state index in [2.05, 4.69) is 15.0 Å². The number of ether oxygens (including phenoxy) is 1. The van der Waals surface area contributed by atoms with E-state index in [1.807, 2.05) is 17.0 Å². The van der Waals surface area contributed by atoms with Gasteiger partial charge in [-0.25, -0.2) is 22.8 Å². The number of halogens is 1. The molecule has 1 aliphatic heterocycles. The Kier molecular flexibility index (Phi) is 5.13. The van der Waals surface area contributed by atoms with E-state index in [0.29, 0.717) is 24.6 Å². The monoisotopic (exact) mass is 404 g/mol. The van der Waals surface area contributed by atoms with E-state index < -0.39 is 22.1 Å². The van der Waals surface area contributed by atoms with Crippen LogP contribution in [0.5, 0.6) is 0 Å². The Hall–Kier alpha value is -2.36. The molecule has 0 radical (unpaired) electrons. The zero-order valence-corrected chi connectivity index (χ0v) is 16.2. The number of aromatic nitrogens is 3. The third-order valence-electron chi connectivity index (χ3n) is 4.77. The molecule has 1 N–H and O–H groups in total. The van der Waals surface area contributed by atoms with Crippen molar-refractivity contribution in [2.45, 2.75) is 30.3 Å². The van der Waals surface area contributed by atoms with Crippen molar-refractivity contribution in [2.75, 3.05) is 19.3 Å². The molecule has 3 heterocycles. The van der Waals surface area contributed by atoms with E-state index in [1.54, 1.807) is 30.5 Å². The standard InChI is InChI=1S/C19H21FN4O3S/c1-28(25,26)14-6-4-13(5-7-14)9-24-10-15(20)17(11-24)27-12-18-22-16-3-2-8-21-19(16)23-18/h2-8,15,17H,9-12H2,1H3,(H,21,22,23). The van der Waals surface area contributed by atoms with Crippen molar-refractivity contribution >= 4 is 21.0 Å². The maximum atomic E-state index is 14.4. The molecule has 7 nitrogen and oxygen atoms in total. The predicted octanol–water partition coefficient (Wildman–Crippen LogP) is 2.10. The van der Waals surface area contributed by atoms with Gasteiger partial charge in [0.1, 0.15) is 24.7 Å². The normalized spacial score (nSPS) is 20.8. The molecule has 0 bridgehead atoms. The quantitative estimate of drug-likeness (QED) is 0.677. The van der Waals surface area contributed by atoms with E-state index in [4.69, 9.17) is 4.74 Å². The SMILES string of the molecule is CS(=O)(=O)c1ccc(CN2CC(F)C(OCc3nc4ncccc4[nH]3)C2)cc1. The number of hydrogen-bond acceptors (Lipinski definition) is 6. The lowest BCUT2D eigenvalue weighted by molar-refractivity contribution is 0.00863. The summed E-state index contributed by atoms with van der Waals surface area (Å²) in [6, 6.07) is 10.4. The minimum Gasteiger partial charge on any atom is -0.366 e. The molecule has 148 valence electrons. The summed E-state index contributed by atoms with van der Waals surface area (Å²) in [4.78, 5) is 13.9. The minimum absolute atomic E-state index is 0.193. The molecule has 0 amide bonds. The van der Waals surface area contributed by atoms with Gasteiger partial charge in [-0.2, -0.15) is 0 Å². The topological polar surface area (TPSA) is 88.2 Å². The lowest BCUT2D eigenvalue weighted by Crippen LogP contribution is -2.24. The molecule has 28 heavy (non-hydrogen) atoms. The van der Waals surface area contributed by atoms with Gasteiger partial charge >= 0.3 is 0 Å². The van der Waals surface area contributed by atoms with Crippen LogP contribution in [0.15, 0.2) is 47.5 Å². The van der Waals surface area contributed by atoms with Crippen molar-refractivity contribution in [3.05, 3.63) is 54.0 Å². The summed E-state index contributed by atoms with van der Waals surface area (Å²) in [5.74, 6) is 0.621. The molecule has 1 aromatic carbocycles. The molecular weight excluding hydrogens is 383 g/mol. The summed E-state index contributed by atoms with van der Waals surface area (Å²) in [5.41, 5.74) is 2.37. The fraction of sp³-hybridized carbons (Fsp3) is 0.368. The van der Waals surface area contributed by atoms with Crippen molar-refractivity contribution in [3.63, 3.8) is 0 Å². The Labute approximate surface area is 162 Å². The molecule has 2 unspecified atom stereocenters. The molecule has 0 aliphatic carbocycles. The number of likely N-dealkylation sites (tertiary alicyclic amines) is 1. The smallest absolute Gasteiger partial charge is 0.177 e. The minimum atomic E-state index is -3.21.